The van der Waals surface area contributed by atoms with Crippen molar-refractivity contribution in [2.24, 2.45) is 10.7 Å². The molecule has 11 heteroatoms. The summed E-state index contributed by atoms with van der Waals surface area (Å²) >= 11 is 1.00. The molecule has 26 heavy (non-hydrogen) atoms. The number of nitrogens with one attached hydrogen (secondary N) is 2. The Kier molecular flexibility index (Phi) is 7.21. The fourth-order valence-electron chi connectivity index (χ4n) is 2.69. The summed E-state index contributed by atoms with van der Waals surface area (Å²) in [5.74, 6) is 0.274. The highest BCUT2D eigenvalue weighted by molar-refractivity contribution is 7.09. The van der Waals surface area contributed by atoms with Gasteiger partial charge in [0.05, 0.1) is 11.6 Å². The molecule has 2 heterocycles. The summed E-state index contributed by atoms with van der Waals surface area (Å²) in [4.78, 5) is 20.7. The van der Waals surface area contributed by atoms with Crippen LogP contribution in [-0.4, -0.2) is 61.0 Å². The Morgan fingerprint density at radius 2 is 2.15 bits per heavy atom. The molecule has 0 bridgehead atoms. The maximum Gasteiger partial charge on any atom is 0.434 e. The van der Waals surface area contributed by atoms with Gasteiger partial charge in [0, 0.05) is 44.5 Å². The highest BCUT2D eigenvalue weighted by atomic mass is 32.1. The van der Waals surface area contributed by atoms with Crippen LogP contribution in [0.15, 0.2) is 10.4 Å². The second-order valence-corrected chi connectivity index (χ2v) is 6.98. The third-order valence-corrected chi connectivity index (χ3v) is 4.91. The number of carbonyl (C=O) groups excluding carboxylic acids is 1. The second kappa shape index (κ2) is 9.17. The van der Waals surface area contributed by atoms with Crippen LogP contribution in [0.4, 0.5) is 13.2 Å². The Hall–Kier alpha value is -1.88. The van der Waals surface area contributed by atoms with Gasteiger partial charge >= 0.3 is 6.18 Å². The zero-order valence-electron chi connectivity index (χ0n) is 14.5. The normalized spacial score (nSPS) is 17.3. The Morgan fingerprint density at radius 1 is 1.46 bits per heavy atom. The molecule has 0 saturated carbocycles. The molecule has 4 N–H and O–H groups in total. The number of likely N-dealkylation sites (tertiary alicyclic amines) is 1. The van der Waals surface area contributed by atoms with E-state index >= 15 is 0 Å². The molecule has 0 atom stereocenters. The lowest BCUT2D eigenvalue weighted by molar-refractivity contribution is -0.140. The van der Waals surface area contributed by atoms with Crippen LogP contribution in [-0.2, 0) is 17.4 Å². The molecule has 0 radical (unpaired) electrons. The first-order chi connectivity index (χ1) is 12.3. The number of hydrogen-bond acceptors (Lipinski definition) is 5. The topological polar surface area (TPSA) is 95.6 Å². The molecule has 1 aliphatic heterocycles. The minimum atomic E-state index is -4.40. The molecule has 0 aliphatic carbocycles. The van der Waals surface area contributed by atoms with Crippen LogP contribution < -0.4 is 16.4 Å². The first-order valence-electron chi connectivity index (χ1n) is 8.27. The molecule has 146 valence electrons. The number of carbonyl (C=O) groups is 1. The molecule has 0 aromatic carbocycles. The molecular formula is C15H23F3N6OS. The standard InChI is InChI=1S/C15H23F3N6OS/c1-20-14(22-10-3-6-24(7-4-10)8-12(19)25)21-5-2-13-23-11(9-26-13)15(16,17)18/h9-10H,2-8H2,1H3,(H2,19,25)(H2,20,21,22). The largest absolute Gasteiger partial charge is 0.434 e. The summed E-state index contributed by atoms with van der Waals surface area (Å²) in [5.41, 5.74) is 4.35. The monoisotopic (exact) mass is 392 g/mol. The van der Waals surface area contributed by atoms with Crippen molar-refractivity contribution in [1.29, 1.82) is 0 Å². The number of alkyl halides is 3. The fraction of sp³-hybridized carbons (Fsp3) is 0.667. The molecule has 1 fully saturated rings. The lowest BCUT2D eigenvalue weighted by Gasteiger charge is -2.32. The van der Waals surface area contributed by atoms with E-state index in [1.165, 1.54) is 0 Å². The van der Waals surface area contributed by atoms with Crippen molar-refractivity contribution in [3.8, 4) is 0 Å². The summed E-state index contributed by atoms with van der Waals surface area (Å²) in [6.07, 6.45) is -2.30. The van der Waals surface area contributed by atoms with Gasteiger partial charge in [0.1, 0.15) is 0 Å². The molecule has 7 nitrogen and oxygen atoms in total. The number of guanidine groups is 1. The first kappa shape index (κ1) is 20.4. The van der Waals surface area contributed by atoms with Crippen LogP contribution in [0.25, 0.3) is 0 Å². The van der Waals surface area contributed by atoms with Gasteiger partial charge in [-0.1, -0.05) is 0 Å². The number of primary amides is 1. The van der Waals surface area contributed by atoms with Gasteiger partial charge in [0.25, 0.3) is 0 Å². The lowest BCUT2D eigenvalue weighted by Crippen LogP contribution is -2.50. The number of aromatic nitrogens is 1. The number of nitrogens with two attached hydrogens (primary N) is 1. The predicted octanol–water partition coefficient (Wildman–Crippen LogP) is 0.819. The number of thiazole rings is 1. The van der Waals surface area contributed by atoms with E-state index in [4.69, 9.17) is 5.73 Å². The maximum absolute atomic E-state index is 12.5. The van der Waals surface area contributed by atoms with Gasteiger partial charge in [-0.05, 0) is 12.8 Å². The van der Waals surface area contributed by atoms with Crippen LogP contribution in [0.3, 0.4) is 0 Å². The summed E-state index contributed by atoms with van der Waals surface area (Å²) in [7, 11) is 1.64. The zero-order chi connectivity index (χ0) is 19.2. The highest BCUT2D eigenvalue weighted by Gasteiger charge is 2.33. The number of aliphatic imine (C=N–C) groups is 1. The highest BCUT2D eigenvalue weighted by Crippen LogP contribution is 2.29. The molecule has 0 unspecified atom stereocenters. The molecular weight excluding hydrogens is 369 g/mol. The lowest BCUT2D eigenvalue weighted by atomic mass is 10.1. The molecule has 1 aromatic heterocycles. The smallest absolute Gasteiger partial charge is 0.369 e. The van der Waals surface area contributed by atoms with E-state index in [9.17, 15) is 18.0 Å². The van der Waals surface area contributed by atoms with Crippen molar-refractivity contribution in [3.05, 3.63) is 16.1 Å². The zero-order valence-corrected chi connectivity index (χ0v) is 15.3. The van der Waals surface area contributed by atoms with Crippen molar-refractivity contribution >= 4 is 23.2 Å². The van der Waals surface area contributed by atoms with E-state index in [1.54, 1.807) is 7.05 Å². The number of nitrogens with zero attached hydrogens (tertiary/aromatic N) is 3. The minimum Gasteiger partial charge on any atom is -0.369 e. The van der Waals surface area contributed by atoms with E-state index < -0.39 is 11.9 Å². The number of piperidine rings is 1. The van der Waals surface area contributed by atoms with Gasteiger partial charge in [0.15, 0.2) is 11.7 Å². The number of halogens is 3. The van der Waals surface area contributed by atoms with Crippen LogP contribution in [0.5, 0.6) is 0 Å². The van der Waals surface area contributed by atoms with E-state index in [0.29, 0.717) is 23.9 Å². The molecule has 2 rings (SSSR count). The average Bonchev–Trinajstić information content (AvgIpc) is 3.04. The summed E-state index contributed by atoms with van der Waals surface area (Å²) in [5, 5.41) is 7.85. The first-order valence-corrected chi connectivity index (χ1v) is 9.15. The third kappa shape index (κ3) is 6.45. The Morgan fingerprint density at radius 3 is 2.69 bits per heavy atom. The number of hydrogen-bond donors (Lipinski definition) is 3. The van der Waals surface area contributed by atoms with E-state index in [1.807, 2.05) is 4.90 Å². The van der Waals surface area contributed by atoms with Crippen molar-refractivity contribution < 1.29 is 18.0 Å². The molecule has 1 amide bonds. The van der Waals surface area contributed by atoms with Gasteiger partial charge in [-0.25, -0.2) is 4.98 Å². The maximum atomic E-state index is 12.5. The van der Waals surface area contributed by atoms with Crippen molar-refractivity contribution in [2.45, 2.75) is 31.5 Å². The van der Waals surface area contributed by atoms with Crippen molar-refractivity contribution in [1.82, 2.24) is 20.5 Å². The second-order valence-electron chi connectivity index (χ2n) is 6.03. The number of amides is 1. The van der Waals surface area contributed by atoms with Crippen LogP contribution in [0, 0.1) is 0 Å². The molecule has 1 aliphatic rings. The molecule has 1 saturated heterocycles. The van der Waals surface area contributed by atoms with E-state index in [-0.39, 0.29) is 18.5 Å². The summed E-state index contributed by atoms with van der Waals surface area (Å²) in [6, 6.07) is 0.224. The van der Waals surface area contributed by atoms with Gasteiger partial charge in [-0.3, -0.25) is 14.7 Å². The van der Waals surface area contributed by atoms with Crippen LogP contribution >= 0.6 is 11.3 Å². The van der Waals surface area contributed by atoms with Crippen LogP contribution in [0.2, 0.25) is 0 Å². The van der Waals surface area contributed by atoms with Crippen molar-refractivity contribution in [3.63, 3.8) is 0 Å². The Balaban J connectivity index is 1.72. The number of rotatable bonds is 6. The minimum absolute atomic E-state index is 0.224. The van der Waals surface area contributed by atoms with Gasteiger partial charge in [0.2, 0.25) is 5.91 Å². The van der Waals surface area contributed by atoms with Gasteiger partial charge in [-0.2, -0.15) is 13.2 Å². The SMILES string of the molecule is CN=C(NCCc1nc(C(F)(F)F)cs1)NC1CCN(CC(N)=O)CC1. The van der Waals surface area contributed by atoms with Crippen LogP contribution in [0.1, 0.15) is 23.5 Å². The van der Waals surface area contributed by atoms with E-state index in [2.05, 4.69) is 20.6 Å². The fourth-order valence-corrected chi connectivity index (χ4v) is 3.49. The predicted molar refractivity (Wildman–Crippen MR) is 94.0 cm³/mol. The molecule has 1 aromatic rings. The summed E-state index contributed by atoms with van der Waals surface area (Å²) in [6.45, 7) is 2.26. The van der Waals surface area contributed by atoms with Gasteiger partial charge in [-0.15, -0.1) is 11.3 Å². The average molecular weight is 392 g/mol. The van der Waals surface area contributed by atoms with Crippen molar-refractivity contribution in [2.75, 3.05) is 33.2 Å². The summed E-state index contributed by atoms with van der Waals surface area (Å²) < 4.78 is 37.6. The molecule has 0 spiro atoms. The Labute approximate surface area is 153 Å². The quantitative estimate of drug-likeness (QED) is 0.492. The van der Waals surface area contributed by atoms with Gasteiger partial charge < -0.3 is 16.4 Å². The van der Waals surface area contributed by atoms with E-state index in [0.717, 1.165) is 42.6 Å². The Bertz CT molecular complexity index is 625. The third-order valence-electron chi connectivity index (χ3n) is 4.00.